The third kappa shape index (κ3) is 4.90. The number of carbonyl (C=O) groups excluding carboxylic acids is 1. The lowest BCUT2D eigenvalue weighted by molar-refractivity contribution is -0.143. The van der Waals surface area contributed by atoms with E-state index in [-0.39, 0.29) is 5.97 Å². The monoisotopic (exact) mass is 239 g/mol. The fraction of sp³-hybridized carbons (Fsp3) is 0.786. The molecule has 0 bridgehead atoms. The molecule has 3 nitrogen and oxygen atoms in total. The van der Waals surface area contributed by atoms with E-state index in [1.54, 1.807) is 0 Å². The number of ether oxygens (including phenoxy) is 1. The van der Waals surface area contributed by atoms with Crippen molar-refractivity contribution in [3.63, 3.8) is 0 Å². The summed E-state index contributed by atoms with van der Waals surface area (Å²) in [5.74, 6) is -0.0466. The van der Waals surface area contributed by atoms with E-state index in [1.165, 1.54) is 11.1 Å². The van der Waals surface area contributed by atoms with Crippen LogP contribution < -0.4 is 5.32 Å². The maximum atomic E-state index is 11.3. The Bertz CT molecular complexity index is 284. The maximum Gasteiger partial charge on any atom is 0.305 e. The second kappa shape index (κ2) is 7.49. The van der Waals surface area contributed by atoms with E-state index in [4.69, 9.17) is 4.74 Å². The van der Waals surface area contributed by atoms with E-state index in [0.29, 0.717) is 19.1 Å². The van der Waals surface area contributed by atoms with Crippen LogP contribution >= 0.6 is 0 Å². The summed E-state index contributed by atoms with van der Waals surface area (Å²) in [5, 5.41) is 3.46. The quantitative estimate of drug-likeness (QED) is 0.422. The SMILES string of the molecule is CCCCC(=O)OCCCC1NCC(C)=C1C. The molecule has 0 radical (unpaired) electrons. The summed E-state index contributed by atoms with van der Waals surface area (Å²) >= 11 is 0. The van der Waals surface area contributed by atoms with Crippen LogP contribution in [0.1, 0.15) is 52.9 Å². The minimum Gasteiger partial charge on any atom is -0.466 e. The Kier molecular flexibility index (Phi) is 6.27. The van der Waals surface area contributed by atoms with Gasteiger partial charge in [-0.1, -0.05) is 24.5 Å². The minimum absolute atomic E-state index is 0.0466. The lowest BCUT2D eigenvalue weighted by Crippen LogP contribution is -2.24. The van der Waals surface area contributed by atoms with Gasteiger partial charge in [-0.2, -0.15) is 0 Å². The molecule has 1 aliphatic heterocycles. The number of hydrogen-bond donors (Lipinski definition) is 1. The van der Waals surface area contributed by atoms with Crippen molar-refractivity contribution < 1.29 is 9.53 Å². The summed E-state index contributed by atoms with van der Waals surface area (Å²) in [6.07, 6.45) is 4.55. The van der Waals surface area contributed by atoms with Gasteiger partial charge in [0.1, 0.15) is 0 Å². The average molecular weight is 239 g/mol. The third-order valence-electron chi connectivity index (χ3n) is 3.44. The van der Waals surface area contributed by atoms with Crippen molar-refractivity contribution in [2.24, 2.45) is 0 Å². The summed E-state index contributed by atoms with van der Waals surface area (Å²) < 4.78 is 5.18. The van der Waals surface area contributed by atoms with Crippen molar-refractivity contribution in [3.8, 4) is 0 Å². The number of hydrogen-bond acceptors (Lipinski definition) is 3. The van der Waals surface area contributed by atoms with Gasteiger partial charge >= 0.3 is 5.97 Å². The molecule has 1 rings (SSSR count). The molecule has 0 aromatic heterocycles. The molecule has 0 aromatic carbocycles. The Morgan fingerprint density at radius 3 is 2.76 bits per heavy atom. The molecule has 0 aliphatic carbocycles. The van der Waals surface area contributed by atoms with Gasteiger partial charge in [-0.05, 0) is 33.1 Å². The zero-order valence-electron chi connectivity index (χ0n) is 11.3. The van der Waals surface area contributed by atoms with Gasteiger partial charge in [-0.15, -0.1) is 0 Å². The highest BCUT2D eigenvalue weighted by atomic mass is 16.5. The Balaban J connectivity index is 2.07. The molecule has 98 valence electrons. The zero-order valence-corrected chi connectivity index (χ0v) is 11.3. The van der Waals surface area contributed by atoms with Crippen LogP contribution in [0, 0.1) is 0 Å². The third-order valence-corrected chi connectivity index (χ3v) is 3.44. The van der Waals surface area contributed by atoms with E-state index in [9.17, 15) is 4.79 Å². The molecule has 0 aromatic rings. The number of nitrogens with one attached hydrogen (secondary N) is 1. The standard InChI is InChI=1S/C14H25NO2/c1-4-5-8-14(16)17-9-6-7-13-12(3)11(2)10-15-13/h13,15H,4-10H2,1-3H3. The summed E-state index contributed by atoms with van der Waals surface area (Å²) in [5.41, 5.74) is 2.91. The summed E-state index contributed by atoms with van der Waals surface area (Å²) in [4.78, 5) is 11.3. The Morgan fingerprint density at radius 1 is 1.41 bits per heavy atom. The van der Waals surface area contributed by atoms with Crippen molar-refractivity contribution >= 4 is 5.97 Å². The molecule has 0 saturated heterocycles. The van der Waals surface area contributed by atoms with Crippen molar-refractivity contribution in [1.82, 2.24) is 5.32 Å². The molecule has 0 spiro atoms. The van der Waals surface area contributed by atoms with Crippen molar-refractivity contribution in [2.45, 2.75) is 58.9 Å². The van der Waals surface area contributed by atoms with Gasteiger partial charge in [-0.3, -0.25) is 4.79 Å². The molecular weight excluding hydrogens is 214 g/mol. The first-order valence-electron chi connectivity index (χ1n) is 6.70. The molecule has 1 unspecified atom stereocenters. The molecule has 1 heterocycles. The van der Waals surface area contributed by atoms with E-state index < -0.39 is 0 Å². The van der Waals surface area contributed by atoms with Crippen molar-refractivity contribution in [3.05, 3.63) is 11.1 Å². The fourth-order valence-corrected chi connectivity index (χ4v) is 2.05. The van der Waals surface area contributed by atoms with Gasteiger partial charge in [0.2, 0.25) is 0 Å². The predicted octanol–water partition coefficient (Wildman–Crippen LogP) is 2.81. The normalized spacial score (nSPS) is 19.8. The van der Waals surface area contributed by atoms with Crippen molar-refractivity contribution in [1.29, 1.82) is 0 Å². The van der Waals surface area contributed by atoms with Crippen LogP contribution in [0.15, 0.2) is 11.1 Å². The second-order valence-corrected chi connectivity index (χ2v) is 4.86. The molecule has 0 saturated carbocycles. The Morgan fingerprint density at radius 2 is 2.18 bits per heavy atom. The smallest absolute Gasteiger partial charge is 0.305 e. The Labute approximate surface area is 105 Å². The van der Waals surface area contributed by atoms with Gasteiger partial charge in [0.25, 0.3) is 0 Å². The first-order valence-corrected chi connectivity index (χ1v) is 6.70. The molecule has 1 N–H and O–H groups in total. The highest BCUT2D eigenvalue weighted by molar-refractivity contribution is 5.69. The molecule has 1 aliphatic rings. The summed E-state index contributed by atoms with van der Waals surface area (Å²) in [6, 6.07) is 0.490. The lowest BCUT2D eigenvalue weighted by atomic mass is 10.0. The molecule has 0 amide bonds. The molecule has 1 atom stereocenters. The molecular formula is C14H25NO2. The average Bonchev–Trinajstić information content (AvgIpc) is 2.63. The molecule has 3 heteroatoms. The van der Waals surface area contributed by atoms with Crippen LogP contribution in [0.5, 0.6) is 0 Å². The van der Waals surface area contributed by atoms with Crippen LogP contribution in [0.2, 0.25) is 0 Å². The minimum atomic E-state index is -0.0466. The highest BCUT2D eigenvalue weighted by Gasteiger charge is 2.18. The number of unbranched alkanes of at least 4 members (excludes halogenated alkanes) is 1. The second-order valence-electron chi connectivity index (χ2n) is 4.86. The van der Waals surface area contributed by atoms with Crippen LogP contribution in [0.3, 0.4) is 0 Å². The summed E-state index contributed by atoms with van der Waals surface area (Å²) in [7, 11) is 0. The predicted molar refractivity (Wildman–Crippen MR) is 69.9 cm³/mol. The number of esters is 1. The van der Waals surface area contributed by atoms with Gasteiger partial charge in [0.15, 0.2) is 0 Å². The van der Waals surface area contributed by atoms with Crippen LogP contribution in [0.25, 0.3) is 0 Å². The van der Waals surface area contributed by atoms with Gasteiger partial charge in [0.05, 0.1) is 6.61 Å². The first kappa shape index (κ1) is 14.2. The lowest BCUT2D eigenvalue weighted by Gasteiger charge is -2.12. The van der Waals surface area contributed by atoms with Gasteiger partial charge < -0.3 is 10.1 Å². The number of rotatable bonds is 7. The van der Waals surface area contributed by atoms with Crippen molar-refractivity contribution in [2.75, 3.05) is 13.2 Å². The topological polar surface area (TPSA) is 38.3 Å². The van der Waals surface area contributed by atoms with Crippen LogP contribution in [-0.4, -0.2) is 25.2 Å². The van der Waals surface area contributed by atoms with E-state index in [0.717, 1.165) is 32.2 Å². The summed E-state index contributed by atoms with van der Waals surface area (Å²) in [6.45, 7) is 8.01. The van der Waals surface area contributed by atoms with Gasteiger partial charge in [-0.25, -0.2) is 0 Å². The van der Waals surface area contributed by atoms with Gasteiger partial charge in [0, 0.05) is 19.0 Å². The van der Waals surface area contributed by atoms with Crippen LogP contribution in [0.4, 0.5) is 0 Å². The molecule has 0 fully saturated rings. The fourth-order valence-electron chi connectivity index (χ4n) is 2.05. The first-order chi connectivity index (χ1) is 8.15. The number of carbonyl (C=O) groups is 1. The van der Waals surface area contributed by atoms with E-state index >= 15 is 0 Å². The van der Waals surface area contributed by atoms with E-state index in [1.807, 2.05) is 0 Å². The Hall–Kier alpha value is -0.830. The van der Waals surface area contributed by atoms with E-state index in [2.05, 4.69) is 26.1 Å². The zero-order chi connectivity index (χ0) is 12.7. The van der Waals surface area contributed by atoms with Crippen LogP contribution in [-0.2, 0) is 9.53 Å². The highest BCUT2D eigenvalue weighted by Crippen LogP contribution is 2.18. The largest absolute Gasteiger partial charge is 0.466 e. The molecule has 17 heavy (non-hydrogen) atoms. The maximum absolute atomic E-state index is 11.3.